The summed E-state index contributed by atoms with van der Waals surface area (Å²) in [6.45, 7) is 1.25. The molecular weight excluding hydrogens is 370 g/mol. The van der Waals surface area contributed by atoms with Crippen molar-refractivity contribution in [1.29, 1.82) is 0 Å². The standard InChI is InChI=1S/C20H20F2N2O2S/c21-16-9-17(22)18(23-19(25)7-14-5-2-6-27-14)8-15(16)20(26)24-10-12-3-1-4-13(12)11-24/h2,5-6,8-9,12-13H,1,3-4,7,10-11H2,(H,23,25)/t12-,13+. The number of fused-ring (bicyclic) bond motifs is 1. The largest absolute Gasteiger partial charge is 0.338 e. The van der Waals surface area contributed by atoms with Crippen LogP contribution in [-0.4, -0.2) is 29.8 Å². The molecule has 1 N–H and O–H groups in total. The highest BCUT2D eigenvalue weighted by molar-refractivity contribution is 7.10. The van der Waals surface area contributed by atoms with Gasteiger partial charge in [0.05, 0.1) is 17.7 Å². The van der Waals surface area contributed by atoms with Gasteiger partial charge in [-0.25, -0.2) is 8.78 Å². The van der Waals surface area contributed by atoms with E-state index in [1.54, 1.807) is 4.90 Å². The fourth-order valence-electron chi connectivity index (χ4n) is 4.15. The number of carbonyl (C=O) groups is 2. The van der Waals surface area contributed by atoms with Gasteiger partial charge in [0.25, 0.3) is 5.91 Å². The van der Waals surface area contributed by atoms with Crippen molar-refractivity contribution in [2.75, 3.05) is 18.4 Å². The predicted octanol–water partition coefficient (Wildman–Crippen LogP) is 4.08. The fraction of sp³-hybridized carbons (Fsp3) is 0.400. The second kappa shape index (κ2) is 7.38. The van der Waals surface area contributed by atoms with Crippen molar-refractivity contribution >= 4 is 28.8 Å². The monoisotopic (exact) mass is 390 g/mol. The summed E-state index contributed by atoms with van der Waals surface area (Å²) < 4.78 is 28.4. The lowest BCUT2D eigenvalue weighted by Gasteiger charge is -2.18. The predicted molar refractivity (Wildman–Crippen MR) is 99.7 cm³/mol. The van der Waals surface area contributed by atoms with Crippen LogP contribution in [0.25, 0.3) is 0 Å². The summed E-state index contributed by atoms with van der Waals surface area (Å²) in [4.78, 5) is 27.4. The Morgan fingerprint density at radius 2 is 1.89 bits per heavy atom. The lowest BCUT2D eigenvalue weighted by atomic mass is 10.0. The Kier molecular flexibility index (Phi) is 4.95. The lowest BCUT2D eigenvalue weighted by Crippen LogP contribution is -2.30. The van der Waals surface area contributed by atoms with E-state index in [4.69, 9.17) is 0 Å². The average Bonchev–Trinajstić information content (AvgIpc) is 3.33. The number of benzene rings is 1. The van der Waals surface area contributed by atoms with Gasteiger partial charge in [0.15, 0.2) is 0 Å². The van der Waals surface area contributed by atoms with Gasteiger partial charge in [-0.3, -0.25) is 9.59 Å². The van der Waals surface area contributed by atoms with Crippen molar-refractivity contribution in [2.45, 2.75) is 25.7 Å². The molecule has 2 atom stereocenters. The number of halogens is 2. The minimum Gasteiger partial charge on any atom is -0.338 e. The number of thiophene rings is 1. The van der Waals surface area contributed by atoms with Gasteiger partial charge in [-0.05, 0) is 42.2 Å². The van der Waals surface area contributed by atoms with Crippen molar-refractivity contribution in [3.05, 3.63) is 51.7 Å². The van der Waals surface area contributed by atoms with E-state index in [9.17, 15) is 18.4 Å². The van der Waals surface area contributed by atoms with Crippen LogP contribution in [0.15, 0.2) is 29.6 Å². The zero-order valence-electron chi connectivity index (χ0n) is 14.7. The molecule has 1 aliphatic carbocycles. The molecule has 4 rings (SSSR count). The smallest absolute Gasteiger partial charge is 0.256 e. The van der Waals surface area contributed by atoms with Crippen LogP contribution in [-0.2, 0) is 11.2 Å². The molecule has 2 aliphatic rings. The maximum absolute atomic E-state index is 14.3. The van der Waals surface area contributed by atoms with E-state index >= 15 is 0 Å². The zero-order valence-corrected chi connectivity index (χ0v) is 15.5. The first-order valence-corrected chi connectivity index (χ1v) is 10.00. The third-order valence-corrected chi connectivity index (χ3v) is 6.37. The Bertz CT molecular complexity index is 857. The second-order valence-corrected chi connectivity index (χ2v) is 8.31. The average molecular weight is 390 g/mol. The van der Waals surface area contributed by atoms with E-state index in [1.807, 2.05) is 17.5 Å². The Balaban J connectivity index is 1.50. The Morgan fingerprint density at radius 3 is 2.56 bits per heavy atom. The number of hydrogen-bond acceptors (Lipinski definition) is 3. The molecule has 0 unspecified atom stereocenters. The first kappa shape index (κ1) is 18.1. The van der Waals surface area contributed by atoms with Crippen LogP contribution in [0, 0.1) is 23.5 Å². The minimum atomic E-state index is -0.897. The zero-order chi connectivity index (χ0) is 19.0. The molecule has 1 saturated carbocycles. The summed E-state index contributed by atoms with van der Waals surface area (Å²) in [5.74, 6) is -1.65. The molecule has 1 aliphatic heterocycles. The fourth-order valence-corrected chi connectivity index (χ4v) is 4.85. The summed E-state index contributed by atoms with van der Waals surface area (Å²) in [6, 6.07) is 5.43. The van der Waals surface area contributed by atoms with Crippen molar-refractivity contribution in [2.24, 2.45) is 11.8 Å². The number of amides is 2. The van der Waals surface area contributed by atoms with E-state index in [-0.39, 0.29) is 17.7 Å². The van der Waals surface area contributed by atoms with Crippen molar-refractivity contribution in [1.82, 2.24) is 4.90 Å². The highest BCUT2D eigenvalue weighted by Crippen LogP contribution is 2.38. The van der Waals surface area contributed by atoms with Gasteiger partial charge >= 0.3 is 0 Å². The van der Waals surface area contributed by atoms with Crippen molar-refractivity contribution in [3.63, 3.8) is 0 Å². The van der Waals surface area contributed by atoms with Gasteiger partial charge in [0.2, 0.25) is 5.91 Å². The molecule has 0 bridgehead atoms. The Labute approximate surface area is 160 Å². The summed E-state index contributed by atoms with van der Waals surface area (Å²) in [7, 11) is 0. The van der Waals surface area contributed by atoms with E-state index in [1.165, 1.54) is 17.8 Å². The van der Waals surface area contributed by atoms with Gasteiger partial charge in [-0.1, -0.05) is 12.5 Å². The van der Waals surface area contributed by atoms with E-state index < -0.39 is 23.4 Å². The topological polar surface area (TPSA) is 49.4 Å². The maximum atomic E-state index is 14.3. The van der Waals surface area contributed by atoms with E-state index in [2.05, 4.69) is 5.32 Å². The molecule has 142 valence electrons. The molecule has 4 nitrogen and oxygen atoms in total. The number of nitrogens with zero attached hydrogens (tertiary/aromatic N) is 1. The summed E-state index contributed by atoms with van der Waals surface area (Å²) in [5, 5.41) is 4.31. The quantitative estimate of drug-likeness (QED) is 0.855. The number of likely N-dealkylation sites (tertiary alicyclic amines) is 1. The van der Waals surface area contributed by atoms with Gasteiger partial charge in [0, 0.05) is 24.0 Å². The summed E-state index contributed by atoms with van der Waals surface area (Å²) in [6.07, 6.45) is 3.49. The highest BCUT2D eigenvalue weighted by Gasteiger charge is 2.38. The number of hydrogen-bond donors (Lipinski definition) is 1. The molecule has 27 heavy (non-hydrogen) atoms. The summed E-state index contributed by atoms with van der Waals surface area (Å²) >= 11 is 1.43. The lowest BCUT2D eigenvalue weighted by molar-refractivity contribution is -0.115. The van der Waals surface area contributed by atoms with Crippen molar-refractivity contribution in [3.8, 4) is 0 Å². The first-order chi connectivity index (χ1) is 13.0. The van der Waals surface area contributed by atoms with Crippen LogP contribution in [0.4, 0.5) is 14.5 Å². The molecule has 1 aromatic carbocycles. The van der Waals surface area contributed by atoms with Crippen LogP contribution < -0.4 is 5.32 Å². The number of anilines is 1. The second-order valence-electron chi connectivity index (χ2n) is 7.28. The minimum absolute atomic E-state index is 0.104. The Hall–Kier alpha value is -2.28. The normalized spacial score (nSPS) is 21.3. The third kappa shape index (κ3) is 3.74. The molecule has 2 amide bonds. The number of carbonyl (C=O) groups excluding carboxylic acids is 2. The molecule has 0 radical (unpaired) electrons. The molecule has 2 fully saturated rings. The number of nitrogens with one attached hydrogen (secondary N) is 1. The van der Waals surface area contributed by atoms with Crippen LogP contribution in [0.3, 0.4) is 0 Å². The Morgan fingerprint density at radius 1 is 1.15 bits per heavy atom. The molecular formula is C20H20F2N2O2S. The van der Waals surface area contributed by atoms with Gasteiger partial charge in [0.1, 0.15) is 11.6 Å². The maximum Gasteiger partial charge on any atom is 0.256 e. The van der Waals surface area contributed by atoms with Crippen LogP contribution in [0.1, 0.15) is 34.5 Å². The van der Waals surface area contributed by atoms with Crippen LogP contribution in [0.5, 0.6) is 0 Å². The van der Waals surface area contributed by atoms with Crippen molar-refractivity contribution < 1.29 is 18.4 Å². The molecule has 1 aromatic heterocycles. The first-order valence-electron chi connectivity index (χ1n) is 9.12. The molecule has 2 heterocycles. The molecule has 1 saturated heterocycles. The van der Waals surface area contributed by atoms with Crippen LogP contribution >= 0.6 is 11.3 Å². The molecule has 7 heteroatoms. The third-order valence-electron chi connectivity index (χ3n) is 5.49. The molecule has 2 aromatic rings. The van der Waals surface area contributed by atoms with Gasteiger partial charge < -0.3 is 10.2 Å². The number of rotatable bonds is 4. The van der Waals surface area contributed by atoms with E-state index in [0.29, 0.717) is 31.0 Å². The van der Waals surface area contributed by atoms with E-state index in [0.717, 1.165) is 23.8 Å². The summed E-state index contributed by atoms with van der Waals surface area (Å²) in [5.41, 5.74) is -0.358. The van der Waals surface area contributed by atoms with Crippen LogP contribution in [0.2, 0.25) is 0 Å². The molecule has 0 spiro atoms. The SMILES string of the molecule is O=C(Cc1cccs1)Nc1cc(C(=O)N2C[C@H]3CCC[C@H]3C2)c(F)cc1F. The van der Waals surface area contributed by atoms with Gasteiger partial charge in [-0.2, -0.15) is 0 Å². The van der Waals surface area contributed by atoms with Gasteiger partial charge in [-0.15, -0.1) is 11.3 Å². The highest BCUT2D eigenvalue weighted by atomic mass is 32.1.